The Hall–Kier alpha value is -3.19. The van der Waals surface area contributed by atoms with Crippen molar-refractivity contribution >= 4 is 23.7 Å². The van der Waals surface area contributed by atoms with Crippen LogP contribution in [0.4, 0.5) is 5.69 Å². The topological polar surface area (TPSA) is 88.4 Å². The van der Waals surface area contributed by atoms with E-state index in [2.05, 4.69) is 4.99 Å². The SMILES string of the molecule is COc1ccc(N2C(=O)c3ccccc3[C@@H](C=NCCO)C2=O)c(OC)c1. The maximum atomic E-state index is 13.2. The Morgan fingerprint density at radius 3 is 2.63 bits per heavy atom. The van der Waals surface area contributed by atoms with E-state index >= 15 is 0 Å². The summed E-state index contributed by atoms with van der Waals surface area (Å²) in [6.07, 6.45) is 1.48. The van der Waals surface area contributed by atoms with Crippen LogP contribution < -0.4 is 14.4 Å². The second-order valence-corrected chi connectivity index (χ2v) is 5.86. The highest BCUT2D eigenvalue weighted by molar-refractivity contribution is 6.29. The van der Waals surface area contributed by atoms with Crippen LogP contribution in [0.3, 0.4) is 0 Å². The molecule has 0 radical (unpaired) electrons. The Balaban J connectivity index is 2.12. The smallest absolute Gasteiger partial charge is 0.265 e. The van der Waals surface area contributed by atoms with E-state index in [-0.39, 0.29) is 13.2 Å². The van der Waals surface area contributed by atoms with Gasteiger partial charge in [0.1, 0.15) is 11.5 Å². The molecule has 140 valence electrons. The largest absolute Gasteiger partial charge is 0.497 e. The Labute approximate surface area is 156 Å². The van der Waals surface area contributed by atoms with Gasteiger partial charge < -0.3 is 14.6 Å². The lowest BCUT2D eigenvalue weighted by molar-refractivity contribution is -0.118. The van der Waals surface area contributed by atoms with E-state index in [0.29, 0.717) is 28.3 Å². The molecule has 2 amide bonds. The monoisotopic (exact) mass is 368 g/mol. The van der Waals surface area contributed by atoms with Crippen molar-refractivity contribution in [3.63, 3.8) is 0 Å². The van der Waals surface area contributed by atoms with Gasteiger partial charge in [0.2, 0.25) is 5.91 Å². The van der Waals surface area contributed by atoms with E-state index in [1.54, 1.807) is 42.5 Å². The molecule has 0 bridgehead atoms. The van der Waals surface area contributed by atoms with Crippen molar-refractivity contribution in [1.82, 2.24) is 0 Å². The predicted molar refractivity (Wildman–Crippen MR) is 101 cm³/mol. The molecule has 1 atom stereocenters. The van der Waals surface area contributed by atoms with Crippen LogP contribution in [0.2, 0.25) is 0 Å². The average Bonchev–Trinajstić information content (AvgIpc) is 2.70. The summed E-state index contributed by atoms with van der Waals surface area (Å²) in [5.74, 6) is -0.678. The van der Waals surface area contributed by atoms with Crippen molar-refractivity contribution < 1.29 is 24.2 Å². The van der Waals surface area contributed by atoms with Gasteiger partial charge in [-0.1, -0.05) is 18.2 Å². The molecule has 0 unspecified atom stereocenters. The molecule has 2 aromatic rings. The lowest BCUT2D eigenvalue weighted by Gasteiger charge is -2.31. The minimum atomic E-state index is -0.725. The number of imide groups is 1. The fraction of sp³-hybridized carbons (Fsp3) is 0.250. The third-order valence-corrected chi connectivity index (χ3v) is 4.33. The number of benzene rings is 2. The van der Waals surface area contributed by atoms with Crippen molar-refractivity contribution in [2.45, 2.75) is 5.92 Å². The number of fused-ring (bicyclic) bond motifs is 1. The summed E-state index contributed by atoms with van der Waals surface area (Å²) >= 11 is 0. The molecule has 0 spiro atoms. The molecule has 0 aliphatic carbocycles. The van der Waals surface area contributed by atoms with Gasteiger partial charge >= 0.3 is 0 Å². The predicted octanol–water partition coefficient (Wildman–Crippen LogP) is 2.04. The van der Waals surface area contributed by atoms with Crippen LogP contribution in [0.15, 0.2) is 47.5 Å². The molecule has 1 heterocycles. The van der Waals surface area contributed by atoms with Crippen molar-refractivity contribution in [2.75, 3.05) is 32.3 Å². The van der Waals surface area contributed by atoms with E-state index in [9.17, 15) is 9.59 Å². The van der Waals surface area contributed by atoms with E-state index in [1.807, 2.05) is 0 Å². The summed E-state index contributed by atoms with van der Waals surface area (Å²) in [6.45, 7) is 0.0692. The standard InChI is InChI=1S/C20H20N2O5/c1-26-13-7-8-17(18(11-13)27-2)22-19(24)15-6-4-3-5-14(15)16(20(22)25)12-21-9-10-23/h3-8,11-12,16,23H,9-10H2,1-2H3/t16-/m1/s1. The molecule has 1 aliphatic rings. The maximum absolute atomic E-state index is 13.2. The van der Waals surface area contributed by atoms with E-state index < -0.39 is 17.7 Å². The molecular formula is C20H20N2O5. The molecule has 0 fully saturated rings. The van der Waals surface area contributed by atoms with Gasteiger partial charge in [0.05, 0.1) is 39.0 Å². The van der Waals surface area contributed by atoms with Gasteiger partial charge in [0, 0.05) is 17.8 Å². The zero-order chi connectivity index (χ0) is 19.4. The average molecular weight is 368 g/mol. The van der Waals surface area contributed by atoms with Crippen LogP contribution in [0.1, 0.15) is 21.8 Å². The lowest BCUT2D eigenvalue weighted by Crippen LogP contribution is -2.45. The molecule has 7 heteroatoms. The Morgan fingerprint density at radius 2 is 1.93 bits per heavy atom. The number of ether oxygens (including phenoxy) is 2. The third kappa shape index (κ3) is 3.41. The number of nitrogens with zero attached hydrogens (tertiary/aromatic N) is 2. The van der Waals surface area contributed by atoms with Gasteiger partial charge in [-0.2, -0.15) is 0 Å². The molecule has 1 aliphatic heterocycles. The second-order valence-electron chi connectivity index (χ2n) is 5.86. The van der Waals surface area contributed by atoms with Crippen molar-refractivity contribution in [1.29, 1.82) is 0 Å². The molecule has 7 nitrogen and oxygen atoms in total. The van der Waals surface area contributed by atoms with E-state index in [4.69, 9.17) is 14.6 Å². The Morgan fingerprint density at radius 1 is 1.15 bits per heavy atom. The van der Waals surface area contributed by atoms with Gasteiger partial charge in [-0.15, -0.1) is 0 Å². The number of amides is 2. The van der Waals surface area contributed by atoms with Crippen LogP contribution >= 0.6 is 0 Å². The first kappa shape index (κ1) is 18.6. The van der Waals surface area contributed by atoms with E-state index in [1.165, 1.54) is 20.4 Å². The highest BCUT2D eigenvalue weighted by atomic mass is 16.5. The first-order valence-corrected chi connectivity index (χ1v) is 8.42. The van der Waals surface area contributed by atoms with Crippen molar-refractivity contribution in [3.05, 3.63) is 53.6 Å². The highest BCUT2D eigenvalue weighted by Gasteiger charge is 2.39. The van der Waals surface area contributed by atoms with Gasteiger partial charge in [-0.3, -0.25) is 14.6 Å². The number of anilines is 1. The molecule has 1 N–H and O–H groups in total. The number of aliphatic hydroxyl groups is 1. The second kappa shape index (κ2) is 8.01. The summed E-state index contributed by atoms with van der Waals surface area (Å²) < 4.78 is 10.5. The molecule has 3 rings (SSSR count). The number of hydrogen-bond donors (Lipinski definition) is 1. The quantitative estimate of drug-likeness (QED) is 0.623. The summed E-state index contributed by atoms with van der Waals surface area (Å²) in [5.41, 5.74) is 1.36. The maximum Gasteiger partial charge on any atom is 0.265 e. The van der Waals surface area contributed by atoms with Gasteiger partial charge in [0.25, 0.3) is 5.91 Å². The fourth-order valence-corrected chi connectivity index (χ4v) is 3.04. The number of carbonyl (C=O) groups is 2. The summed E-state index contributed by atoms with van der Waals surface area (Å²) in [7, 11) is 2.99. The zero-order valence-electron chi connectivity index (χ0n) is 15.1. The minimum absolute atomic E-state index is 0.117. The number of hydrogen-bond acceptors (Lipinski definition) is 6. The van der Waals surface area contributed by atoms with Crippen LogP contribution in [0.25, 0.3) is 0 Å². The number of aliphatic hydroxyl groups excluding tert-OH is 1. The summed E-state index contributed by atoms with van der Waals surface area (Å²) in [4.78, 5) is 31.4. The fourth-order valence-electron chi connectivity index (χ4n) is 3.04. The Bertz CT molecular complexity index is 894. The molecule has 27 heavy (non-hydrogen) atoms. The Kier molecular flexibility index (Phi) is 5.52. The van der Waals surface area contributed by atoms with E-state index in [0.717, 1.165) is 4.90 Å². The zero-order valence-corrected chi connectivity index (χ0v) is 15.1. The summed E-state index contributed by atoms with van der Waals surface area (Å²) in [6, 6.07) is 11.8. The minimum Gasteiger partial charge on any atom is -0.497 e. The first-order chi connectivity index (χ1) is 13.1. The number of rotatable bonds is 6. The number of carbonyl (C=O) groups excluding carboxylic acids is 2. The van der Waals surface area contributed by atoms with Crippen LogP contribution in [-0.2, 0) is 4.79 Å². The van der Waals surface area contributed by atoms with Crippen molar-refractivity contribution in [2.24, 2.45) is 4.99 Å². The van der Waals surface area contributed by atoms with Crippen LogP contribution in [0, 0.1) is 0 Å². The van der Waals surface area contributed by atoms with Gasteiger partial charge in [-0.05, 0) is 23.8 Å². The molecular weight excluding hydrogens is 348 g/mol. The first-order valence-electron chi connectivity index (χ1n) is 8.42. The molecule has 2 aromatic carbocycles. The van der Waals surface area contributed by atoms with Crippen LogP contribution in [0.5, 0.6) is 11.5 Å². The van der Waals surface area contributed by atoms with Crippen LogP contribution in [-0.4, -0.2) is 50.5 Å². The number of aliphatic imine (C=N–C) groups is 1. The van der Waals surface area contributed by atoms with Gasteiger partial charge in [0.15, 0.2) is 0 Å². The lowest BCUT2D eigenvalue weighted by atomic mass is 9.89. The molecule has 0 saturated carbocycles. The third-order valence-electron chi connectivity index (χ3n) is 4.33. The summed E-state index contributed by atoms with van der Waals surface area (Å²) in [5, 5.41) is 8.96. The number of methoxy groups -OCH3 is 2. The normalized spacial score (nSPS) is 16.6. The molecule has 0 saturated heterocycles. The molecule has 0 aromatic heterocycles. The highest BCUT2D eigenvalue weighted by Crippen LogP contribution is 2.38. The van der Waals surface area contributed by atoms with Crippen molar-refractivity contribution in [3.8, 4) is 11.5 Å². The van der Waals surface area contributed by atoms with Gasteiger partial charge in [-0.25, -0.2) is 4.90 Å².